The second-order valence-corrected chi connectivity index (χ2v) is 7.44. The van der Waals surface area contributed by atoms with Crippen molar-refractivity contribution in [1.29, 1.82) is 0 Å². The van der Waals surface area contributed by atoms with Crippen molar-refractivity contribution in [1.82, 2.24) is 14.5 Å². The van der Waals surface area contributed by atoms with E-state index in [0.717, 1.165) is 22.3 Å². The van der Waals surface area contributed by atoms with E-state index in [-0.39, 0.29) is 17.4 Å². The van der Waals surface area contributed by atoms with E-state index >= 15 is 0 Å². The summed E-state index contributed by atoms with van der Waals surface area (Å²) in [6, 6.07) is 5.31. The Labute approximate surface area is 180 Å². The highest BCUT2D eigenvalue weighted by atomic mass is 16.5. The Morgan fingerprint density at radius 3 is 2.52 bits per heavy atom. The van der Waals surface area contributed by atoms with Crippen LogP contribution in [0.1, 0.15) is 45.6 Å². The Morgan fingerprint density at radius 1 is 1.23 bits per heavy atom. The van der Waals surface area contributed by atoms with Gasteiger partial charge < -0.3 is 21.5 Å². The predicted octanol–water partition coefficient (Wildman–Crippen LogP) is 2.24. The van der Waals surface area contributed by atoms with E-state index in [4.69, 9.17) is 16.2 Å². The molecule has 0 saturated carbocycles. The first-order chi connectivity index (χ1) is 14.7. The predicted molar refractivity (Wildman–Crippen MR) is 119 cm³/mol. The van der Waals surface area contributed by atoms with Crippen LogP contribution in [-0.4, -0.2) is 27.6 Å². The molecule has 1 atom stereocenters. The number of benzene rings is 1. The molecule has 0 aliphatic heterocycles. The van der Waals surface area contributed by atoms with Gasteiger partial charge in [-0.1, -0.05) is 12.1 Å². The van der Waals surface area contributed by atoms with Gasteiger partial charge in [0.15, 0.2) is 0 Å². The molecule has 2 heterocycles. The normalized spacial score (nSPS) is 11.9. The lowest BCUT2D eigenvalue weighted by Gasteiger charge is -2.16. The molecule has 9 heteroatoms. The largest absolute Gasteiger partial charge is 0.383 e. The summed E-state index contributed by atoms with van der Waals surface area (Å²) in [6.07, 6.45) is 4.42. The Bertz CT molecular complexity index is 1160. The van der Waals surface area contributed by atoms with Crippen LogP contribution in [0.15, 0.2) is 41.7 Å². The molecule has 3 aromatic rings. The summed E-state index contributed by atoms with van der Waals surface area (Å²) >= 11 is 0. The van der Waals surface area contributed by atoms with Gasteiger partial charge in [0.2, 0.25) is 0 Å². The molecule has 162 valence electrons. The molecule has 3 rings (SSSR count). The number of nitrogens with one attached hydrogen (secondary N) is 1. The molecule has 0 aliphatic carbocycles. The van der Waals surface area contributed by atoms with Gasteiger partial charge in [0.1, 0.15) is 17.7 Å². The summed E-state index contributed by atoms with van der Waals surface area (Å²) in [6.45, 7) is 6.03. The fraction of sp³-hybridized carbons (Fsp3) is 0.273. The van der Waals surface area contributed by atoms with E-state index in [1.54, 1.807) is 19.4 Å². The number of pyridine rings is 1. The Balaban J connectivity index is 2.03. The first-order valence-electron chi connectivity index (χ1n) is 9.71. The molecular formula is C22H26N6O3. The van der Waals surface area contributed by atoms with Gasteiger partial charge in [0.25, 0.3) is 11.5 Å². The zero-order valence-electron chi connectivity index (χ0n) is 18.0. The average molecular weight is 422 g/mol. The second kappa shape index (κ2) is 9.07. The maximum atomic E-state index is 13.2. The van der Waals surface area contributed by atoms with Crippen LogP contribution in [0.4, 0.5) is 11.5 Å². The van der Waals surface area contributed by atoms with Gasteiger partial charge in [0, 0.05) is 19.3 Å². The van der Waals surface area contributed by atoms with E-state index in [2.05, 4.69) is 15.3 Å². The topological polar surface area (TPSA) is 138 Å². The molecule has 0 bridgehead atoms. The standard InChI is InChI=1S/C22H26N6O3/c1-12-5-15(10-31-4)6-13(2)19(12)28-11-26-20(24)18(22(28)30)21(29)27-17-7-16(14(3)23)8-25-9-17/h5-9,11,14H,10,23-24H2,1-4H3,(H,27,29). The fourth-order valence-electron chi connectivity index (χ4n) is 3.48. The highest BCUT2D eigenvalue weighted by Gasteiger charge is 2.20. The van der Waals surface area contributed by atoms with Crippen LogP contribution in [0.2, 0.25) is 0 Å². The highest BCUT2D eigenvalue weighted by molar-refractivity contribution is 6.06. The van der Waals surface area contributed by atoms with Crippen molar-refractivity contribution < 1.29 is 9.53 Å². The van der Waals surface area contributed by atoms with E-state index in [1.165, 1.54) is 17.1 Å². The van der Waals surface area contributed by atoms with E-state index < -0.39 is 11.5 Å². The summed E-state index contributed by atoms with van der Waals surface area (Å²) in [5, 5.41) is 2.66. The summed E-state index contributed by atoms with van der Waals surface area (Å²) in [5.74, 6) is -0.819. The SMILES string of the molecule is COCc1cc(C)c(-n2cnc(N)c(C(=O)Nc3cncc(C(C)N)c3)c2=O)c(C)c1. The Hall–Kier alpha value is -3.56. The van der Waals surface area contributed by atoms with E-state index in [0.29, 0.717) is 18.0 Å². The number of hydrogen-bond donors (Lipinski definition) is 3. The first-order valence-corrected chi connectivity index (χ1v) is 9.71. The Kier molecular flexibility index (Phi) is 6.47. The molecule has 1 aromatic carbocycles. The molecule has 9 nitrogen and oxygen atoms in total. The number of aromatic nitrogens is 3. The summed E-state index contributed by atoms with van der Waals surface area (Å²) < 4.78 is 6.53. The van der Waals surface area contributed by atoms with Crippen LogP contribution in [-0.2, 0) is 11.3 Å². The number of nitrogen functional groups attached to an aromatic ring is 1. The minimum absolute atomic E-state index is 0.152. The van der Waals surface area contributed by atoms with Crippen LogP contribution >= 0.6 is 0 Å². The molecule has 0 aliphatic rings. The van der Waals surface area contributed by atoms with Crippen LogP contribution in [0.5, 0.6) is 0 Å². The van der Waals surface area contributed by atoms with Gasteiger partial charge >= 0.3 is 0 Å². The van der Waals surface area contributed by atoms with Crippen molar-refractivity contribution in [3.05, 3.63) is 75.1 Å². The molecular weight excluding hydrogens is 396 g/mol. The van der Waals surface area contributed by atoms with Gasteiger partial charge in [-0.3, -0.25) is 19.1 Å². The lowest BCUT2D eigenvalue weighted by Crippen LogP contribution is -2.31. The number of aryl methyl sites for hydroxylation is 2. The quantitative estimate of drug-likeness (QED) is 0.554. The molecule has 31 heavy (non-hydrogen) atoms. The fourth-order valence-corrected chi connectivity index (χ4v) is 3.48. The molecule has 0 spiro atoms. The van der Waals surface area contributed by atoms with Crippen molar-refractivity contribution in [3.8, 4) is 5.69 Å². The van der Waals surface area contributed by atoms with Crippen molar-refractivity contribution in [2.45, 2.75) is 33.4 Å². The second-order valence-electron chi connectivity index (χ2n) is 7.44. The number of carbonyl (C=O) groups excluding carboxylic acids is 1. The summed E-state index contributed by atoms with van der Waals surface area (Å²) in [4.78, 5) is 34.3. The lowest BCUT2D eigenvalue weighted by atomic mass is 10.0. The van der Waals surface area contributed by atoms with E-state index in [1.807, 2.05) is 32.9 Å². The number of amides is 1. The molecule has 0 fully saturated rings. The number of anilines is 2. The highest BCUT2D eigenvalue weighted by Crippen LogP contribution is 2.21. The number of hydrogen-bond acceptors (Lipinski definition) is 7. The Morgan fingerprint density at radius 2 is 1.90 bits per heavy atom. The maximum absolute atomic E-state index is 13.2. The van der Waals surface area contributed by atoms with Gasteiger partial charge in [-0.05, 0) is 49.1 Å². The summed E-state index contributed by atoms with van der Waals surface area (Å²) in [7, 11) is 1.62. The van der Waals surface area contributed by atoms with Crippen LogP contribution in [0.3, 0.4) is 0 Å². The molecule has 2 aromatic heterocycles. The molecule has 1 amide bonds. The molecule has 0 saturated heterocycles. The third kappa shape index (κ3) is 4.62. The molecule has 1 unspecified atom stereocenters. The number of nitrogens with two attached hydrogens (primary N) is 2. The number of nitrogens with zero attached hydrogens (tertiary/aromatic N) is 3. The minimum Gasteiger partial charge on any atom is -0.383 e. The number of carbonyl (C=O) groups is 1. The third-order valence-electron chi connectivity index (χ3n) is 4.87. The molecule has 5 N–H and O–H groups in total. The van der Waals surface area contributed by atoms with Crippen molar-refractivity contribution in [3.63, 3.8) is 0 Å². The minimum atomic E-state index is -0.667. The lowest BCUT2D eigenvalue weighted by molar-refractivity contribution is 0.102. The van der Waals surface area contributed by atoms with Crippen LogP contribution in [0.25, 0.3) is 5.69 Å². The smallest absolute Gasteiger partial charge is 0.272 e. The van der Waals surface area contributed by atoms with Crippen molar-refractivity contribution in [2.24, 2.45) is 5.73 Å². The number of ether oxygens (including phenoxy) is 1. The summed E-state index contributed by atoms with van der Waals surface area (Å²) in [5.41, 5.74) is 15.4. The molecule has 0 radical (unpaired) electrons. The van der Waals surface area contributed by atoms with Gasteiger partial charge in [0.05, 0.1) is 24.2 Å². The number of methoxy groups -OCH3 is 1. The first kappa shape index (κ1) is 22.1. The third-order valence-corrected chi connectivity index (χ3v) is 4.87. The van der Waals surface area contributed by atoms with Gasteiger partial charge in [-0.2, -0.15) is 0 Å². The van der Waals surface area contributed by atoms with Gasteiger partial charge in [-0.15, -0.1) is 0 Å². The zero-order chi connectivity index (χ0) is 22.7. The van der Waals surface area contributed by atoms with Crippen molar-refractivity contribution in [2.75, 3.05) is 18.2 Å². The van der Waals surface area contributed by atoms with E-state index in [9.17, 15) is 9.59 Å². The average Bonchev–Trinajstić information content (AvgIpc) is 2.69. The number of rotatable bonds is 6. The zero-order valence-corrected chi connectivity index (χ0v) is 18.0. The monoisotopic (exact) mass is 422 g/mol. The van der Waals surface area contributed by atoms with Crippen molar-refractivity contribution >= 4 is 17.4 Å². The van der Waals surface area contributed by atoms with Gasteiger partial charge in [-0.25, -0.2) is 4.98 Å². The maximum Gasteiger partial charge on any atom is 0.272 e. The van der Waals surface area contributed by atoms with Crippen LogP contribution < -0.4 is 22.3 Å². The van der Waals surface area contributed by atoms with Crippen LogP contribution in [0, 0.1) is 13.8 Å².